The molecule has 1 aromatic heterocycles. The highest BCUT2D eigenvalue weighted by Crippen LogP contribution is 2.51. The first-order valence-electron chi connectivity index (χ1n) is 12.8. The van der Waals surface area contributed by atoms with E-state index in [9.17, 15) is 22.8 Å². The van der Waals surface area contributed by atoms with Crippen LogP contribution < -0.4 is 9.64 Å². The first-order chi connectivity index (χ1) is 17.7. The number of fused-ring (bicyclic) bond motifs is 1. The maximum Gasteiger partial charge on any atom is 0.411 e. The van der Waals surface area contributed by atoms with E-state index in [0.29, 0.717) is 56.0 Å². The minimum atomic E-state index is -4.46. The number of carbonyl (C=O) groups is 2. The van der Waals surface area contributed by atoms with E-state index >= 15 is 0 Å². The van der Waals surface area contributed by atoms with Gasteiger partial charge in [-0.1, -0.05) is 19.1 Å². The van der Waals surface area contributed by atoms with Crippen molar-refractivity contribution in [1.82, 2.24) is 14.8 Å². The number of benzene rings is 1. The Bertz CT molecular complexity index is 1180. The van der Waals surface area contributed by atoms with E-state index < -0.39 is 23.8 Å². The number of alkyl halides is 3. The average Bonchev–Trinajstić information content (AvgIpc) is 3.17. The molecule has 3 heterocycles. The van der Waals surface area contributed by atoms with Crippen LogP contribution in [0.15, 0.2) is 36.4 Å². The first-order valence-corrected chi connectivity index (χ1v) is 12.8. The van der Waals surface area contributed by atoms with Gasteiger partial charge in [0, 0.05) is 31.2 Å². The molecule has 37 heavy (non-hydrogen) atoms. The lowest BCUT2D eigenvalue weighted by Gasteiger charge is -2.48. The molecule has 1 aromatic carbocycles. The number of nitrogens with zero attached hydrogens (tertiary/aromatic N) is 4. The normalized spacial score (nSPS) is 23.1. The van der Waals surface area contributed by atoms with Crippen molar-refractivity contribution in [2.75, 3.05) is 31.1 Å². The summed E-state index contributed by atoms with van der Waals surface area (Å²) in [4.78, 5) is 34.7. The highest BCUT2D eigenvalue weighted by atomic mass is 19.4. The standard InChI is InChI=1S/C27H31F3N4O3/c1-3-18-14-33-19(16-34(25(33)36)26(12-7-13-26)27(28,29)30)15-32(18)23-11-10-21(31-22(23)17-35)20-8-5-6-9-24(20)37-4-2/h5-6,8-11,17-19H,3-4,7,12-16H2,1-2H3/t18-,19+/m1/s1. The van der Waals surface area contributed by atoms with Crippen molar-refractivity contribution in [1.29, 1.82) is 0 Å². The molecule has 5 rings (SSSR count). The lowest BCUT2D eigenvalue weighted by molar-refractivity contribution is -0.245. The Labute approximate surface area is 214 Å². The minimum absolute atomic E-state index is 0.0228. The number of carbonyl (C=O) groups excluding carboxylic acids is 2. The maximum absolute atomic E-state index is 14.0. The molecule has 2 amide bonds. The molecule has 1 saturated carbocycles. The van der Waals surface area contributed by atoms with Crippen LogP contribution in [-0.4, -0.2) is 77.1 Å². The van der Waals surface area contributed by atoms with Gasteiger partial charge in [-0.2, -0.15) is 13.2 Å². The van der Waals surface area contributed by atoms with Crippen molar-refractivity contribution < 1.29 is 27.5 Å². The zero-order valence-corrected chi connectivity index (χ0v) is 21.0. The van der Waals surface area contributed by atoms with Crippen LogP contribution in [-0.2, 0) is 0 Å². The number of urea groups is 1. The van der Waals surface area contributed by atoms with Crippen molar-refractivity contribution >= 4 is 18.0 Å². The Morgan fingerprint density at radius 2 is 1.84 bits per heavy atom. The van der Waals surface area contributed by atoms with Gasteiger partial charge in [0.05, 0.1) is 24.0 Å². The largest absolute Gasteiger partial charge is 0.493 e. The van der Waals surface area contributed by atoms with Crippen molar-refractivity contribution in [3.8, 4) is 17.0 Å². The first kappa shape index (κ1) is 25.4. The highest BCUT2D eigenvalue weighted by molar-refractivity contribution is 5.85. The number of hydrogen-bond acceptors (Lipinski definition) is 5. The Morgan fingerprint density at radius 3 is 2.46 bits per heavy atom. The number of anilines is 1. The molecule has 2 saturated heterocycles. The summed E-state index contributed by atoms with van der Waals surface area (Å²) in [7, 11) is 0. The number of aromatic nitrogens is 1. The fraction of sp³-hybridized carbons (Fsp3) is 0.519. The van der Waals surface area contributed by atoms with Gasteiger partial charge in [-0.25, -0.2) is 9.78 Å². The fourth-order valence-corrected chi connectivity index (χ4v) is 5.91. The van der Waals surface area contributed by atoms with E-state index in [2.05, 4.69) is 4.98 Å². The molecule has 10 heteroatoms. The lowest BCUT2D eigenvalue weighted by Crippen LogP contribution is -2.64. The van der Waals surface area contributed by atoms with Crippen LogP contribution in [0.2, 0.25) is 0 Å². The summed E-state index contributed by atoms with van der Waals surface area (Å²) in [5.74, 6) is 0.668. The molecule has 3 aliphatic rings. The number of pyridine rings is 1. The molecule has 2 atom stereocenters. The van der Waals surface area contributed by atoms with Gasteiger partial charge in [-0.3, -0.25) is 4.79 Å². The molecule has 2 aliphatic heterocycles. The second-order valence-electron chi connectivity index (χ2n) is 9.94. The topological polar surface area (TPSA) is 66.0 Å². The molecular weight excluding hydrogens is 485 g/mol. The Kier molecular flexibility index (Phi) is 6.53. The second kappa shape index (κ2) is 9.54. The number of piperazine rings is 1. The van der Waals surface area contributed by atoms with Gasteiger partial charge in [-0.15, -0.1) is 0 Å². The lowest BCUT2D eigenvalue weighted by atomic mass is 9.74. The van der Waals surface area contributed by atoms with Crippen molar-refractivity contribution in [3.05, 3.63) is 42.1 Å². The average molecular weight is 517 g/mol. The van der Waals surface area contributed by atoms with Gasteiger partial charge in [0.2, 0.25) is 0 Å². The van der Waals surface area contributed by atoms with Crippen LogP contribution >= 0.6 is 0 Å². The Morgan fingerprint density at radius 1 is 1.08 bits per heavy atom. The number of para-hydroxylation sites is 1. The summed E-state index contributed by atoms with van der Waals surface area (Å²) in [6.45, 7) is 5.02. The van der Waals surface area contributed by atoms with E-state index in [0.717, 1.165) is 10.5 Å². The smallest absolute Gasteiger partial charge is 0.411 e. The summed E-state index contributed by atoms with van der Waals surface area (Å²) >= 11 is 0. The zero-order chi connectivity index (χ0) is 26.4. The van der Waals surface area contributed by atoms with Crippen LogP contribution in [0.5, 0.6) is 5.75 Å². The highest BCUT2D eigenvalue weighted by Gasteiger charge is 2.66. The maximum atomic E-state index is 14.0. The quantitative estimate of drug-likeness (QED) is 0.477. The van der Waals surface area contributed by atoms with Gasteiger partial charge in [0.1, 0.15) is 17.0 Å². The molecule has 1 aliphatic carbocycles. The Hall–Kier alpha value is -3.30. The second-order valence-corrected chi connectivity index (χ2v) is 9.94. The van der Waals surface area contributed by atoms with Gasteiger partial charge in [-0.05, 0) is 56.9 Å². The van der Waals surface area contributed by atoms with E-state index in [4.69, 9.17) is 4.74 Å². The van der Waals surface area contributed by atoms with E-state index in [1.54, 1.807) is 4.90 Å². The fourth-order valence-electron chi connectivity index (χ4n) is 5.91. The number of ether oxygens (including phenoxy) is 1. The molecule has 0 radical (unpaired) electrons. The number of rotatable bonds is 7. The van der Waals surface area contributed by atoms with Crippen LogP contribution in [0, 0.1) is 0 Å². The van der Waals surface area contributed by atoms with E-state index in [-0.39, 0.29) is 31.1 Å². The summed E-state index contributed by atoms with van der Waals surface area (Å²) in [5.41, 5.74) is 0.188. The van der Waals surface area contributed by atoms with Crippen LogP contribution in [0.4, 0.5) is 23.7 Å². The molecule has 0 bridgehead atoms. The molecule has 2 aromatic rings. The SMILES string of the molecule is CCOc1ccccc1-c1ccc(N2C[C@H]3CN(C4(C(F)(F)F)CCC4)C(=O)N3C[C@H]2CC)c(C=O)n1. The van der Waals surface area contributed by atoms with Crippen LogP contribution in [0.1, 0.15) is 50.0 Å². The van der Waals surface area contributed by atoms with Gasteiger partial charge in [0.25, 0.3) is 0 Å². The number of halogens is 3. The van der Waals surface area contributed by atoms with Crippen LogP contribution in [0.3, 0.4) is 0 Å². The third-order valence-corrected chi connectivity index (χ3v) is 8.05. The zero-order valence-electron chi connectivity index (χ0n) is 21.0. The number of amides is 2. The number of hydrogen-bond donors (Lipinski definition) is 0. The summed E-state index contributed by atoms with van der Waals surface area (Å²) in [5, 5.41) is 0. The minimum Gasteiger partial charge on any atom is -0.493 e. The van der Waals surface area contributed by atoms with Gasteiger partial charge in [0.15, 0.2) is 6.29 Å². The van der Waals surface area contributed by atoms with E-state index in [1.165, 1.54) is 0 Å². The monoisotopic (exact) mass is 516 g/mol. The molecule has 0 spiro atoms. The molecular formula is C27H31F3N4O3. The van der Waals surface area contributed by atoms with E-state index in [1.807, 2.05) is 55.1 Å². The predicted molar refractivity (Wildman–Crippen MR) is 133 cm³/mol. The molecule has 3 fully saturated rings. The van der Waals surface area contributed by atoms with Crippen molar-refractivity contribution in [3.63, 3.8) is 0 Å². The molecule has 0 unspecified atom stereocenters. The summed E-state index contributed by atoms with van der Waals surface area (Å²) in [6, 6.07) is 10.1. The molecule has 0 N–H and O–H groups in total. The third-order valence-electron chi connectivity index (χ3n) is 8.05. The number of aldehydes is 1. The summed E-state index contributed by atoms with van der Waals surface area (Å²) < 4.78 is 47.8. The summed E-state index contributed by atoms with van der Waals surface area (Å²) in [6.07, 6.45) is -2.72. The third kappa shape index (κ3) is 4.10. The predicted octanol–water partition coefficient (Wildman–Crippen LogP) is 5.15. The van der Waals surface area contributed by atoms with Crippen molar-refractivity contribution in [2.24, 2.45) is 0 Å². The Balaban J connectivity index is 1.44. The van der Waals surface area contributed by atoms with Gasteiger partial charge < -0.3 is 19.4 Å². The van der Waals surface area contributed by atoms with Crippen LogP contribution in [0.25, 0.3) is 11.3 Å². The molecule has 198 valence electrons. The van der Waals surface area contributed by atoms with Crippen molar-refractivity contribution in [2.45, 2.75) is 63.3 Å². The molecule has 7 nitrogen and oxygen atoms in total. The van der Waals surface area contributed by atoms with Gasteiger partial charge >= 0.3 is 12.2 Å².